The summed E-state index contributed by atoms with van der Waals surface area (Å²) in [6.45, 7) is 10.2. The molecule has 3 aromatic rings. The smallest absolute Gasteiger partial charge is 0.287 e. The Labute approximate surface area is 173 Å². The van der Waals surface area contributed by atoms with Crippen LogP contribution in [0.4, 0.5) is 0 Å². The Bertz CT molecular complexity index is 931. The van der Waals surface area contributed by atoms with Gasteiger partial charge in [0, 0.05) is 5.56 Å². The molecule has 0 saturated carbocycles. The van der Waals surface area contributed by atoms with Gasteiger partial charge in [-0.25, -0.2) is 0 Å². The fourth-order valence-electron chi connectivity index (χ4n) is 3.44. The van der Waals surface area contributed by atoms with E-state index < -0.39 is 0 Å². The molecule has 2 N–H and O–H groups in total. The summed E-state index contributed by atoms with van der Waals surface area (Å²) in [5.41, 5.74) is 3.72. The topological polar surface area (TPSA) is 46.7 Å². The zero-order valence-electron chi connectivity index (χ0n) is 17.7. The van der Waals surface area contributed by atoms with Gasteiger partial charge in [-0.15, -0.1) is 0 Å². The average Bonchev–Trinajstić information content (AvgIpc) is 3.18. The molecule has 152 valence electrons. The molecule has 2 atom stereocenters. The average molecular weight is 392 g/mol. The van der Waals surface area contributed by atoms with Crippen molar-refractivity contribution >= 4 is 5.91 Å². The standard InChI is InChI=1S/C25H30N2O2/c1-18(2)27(16-22-13-9-8-10-19(22)3)17-23-14-15-24(29-23)25(28)26-20(4)21-11-6-5-7-12-21/h5-15,18,20H,16-17H2,1-4H3,(H,26,28)/p+1/t20-/m0/s1. The van der Waals surface area contributed by atoms with Gasteiger partial charge >= 0.3 is 0 Å². The Morgan fingerprint density at radius 3 is 2.31 bits per heavy atom. The molecule has 0 bridgehead atoms. The predicted molar refractivity (Wildman–Crippen MR) is 116 cm³/mol. The Hall–Kier alpha value is -2.85. The highest BCUT2D eigenvalue weighted by Crippen LogP contribution is 2.14. The minimum Gasteiger partial charge on any atom is -0.450 e. The van der Waals surface area contributed by atoms with Gasteiger partial charge in [-0.2, -0.15) is 0 Å². The van der Waals surface area contributed by atoms with E-state index in [1.54, 1.807) is 6.07 Å². The van der Waals surface area contributed by atoms with E-state index >= 15 is 0 Å². The number of aryl methyl sites for hydroxylation is 1. The molecule has 0 fully saturated rings. The molecule has 1 heterocycles. The van der Waals surface area contributed by atoms with Crippen molar-refractivity contribution in [3.63, 3.8) is 0 Å². The van der Waals surface area contributed by atoms with Gasteiger partial charge in [0.15, 0.2) is 11.5 Å². The third kappa shape index (κ3) is 5.58. The minimum absolute atomic E-state index is 0.0731. The monoisotopic (exact) mass is 391 g/mol. The predicted octanol–water partition coefficient (Wildman–Crippen LogP) is 4.07. The number of quaternary nitrogens is 1. The van der Waals surface area contributed by atoms with Crippen molar-refractivity contribution in [1.29, 1.82) is 0 Å². The lowest BCUT2D eigenvalue weighted by Crippen LogP contribution is -3.12. The molecule has 0 aliphatic rings. The van der Waals surface area contributed by atoms with Gasteiger partial charge in [-0.05, 0) is 51.0 Å². The van der Waals surface area contributed by atoms with Crippen LogP contribution in [0.25, 0.3) is 0 Å². The summed E-state index contributed by atoms with van der Waals surface area (Å²) in [4.78, 5) is 14.0. The SMILES string of the molecule is Cc1ccccc1C[NH+](Cc1ccc(C(=O)N[C@@H](C)c2ccccc2)o1)C(C)C. The van der Waals surface area contributed by atoms with Gasteiger partial charge in [0.1, 0.15) is 13.1 Å². The van der Waals surface area contributed by atoms with E-state index in [0.29, 0.717) is 11.8 Å². The second-order valence-corrected chi connectivity index (χ2v) is 7.96. The first-order chi connectivity index (χ1) is 13.9. The van der Waals surface area contributed by atoms with Crippen molar-refractivity contribution < 1.29 is 14.1 Å². The van der Waals surface area contributed by atoms with Crippen LogP contribution < -0.4 is 10.2 Å². The molecule has 2 aromatic carbocycles. The van der Waals surface area contributed by atoms with Crippen LogP contribution in [0, 0.1) is 6.92 Å². The van der Waals surface area contributed by atoms with Crippen LogP contribution in [-0.4, -0.2) is 11.9 Å². The van der Waals surface area contributed by atoms with E-state index in [1.807, 2.05) is 43.3 Å². The Morgan fingerprint density at radius 2 is 1.62 bits per heavy atom. The first kappa shape index (κ1) is 20.9. The molecular weight excluding hydrogens is 360 g/mol. The Balaban J connectivity index is 1.65. The second-order valence-electron chi connectivity index (χ2n) is 7.96. The molecule has 0 spiro atoms. The molecule has 0 saturated heterocycles. The van der Waals surface area contributed by atoms with Gasteiger partial charge in [0.05, 0.1) is 12.1 Å². The van der Waals surface area contributed by atoms with Crippen molar-refractivity contribution in [2.24, 2.45) is 0 Å². The van der Waals surface area contributed by atoms with E-state index in [1.165, 1.54) is 16.0 Å². The van der Waals surface area contributed by atoms with Crippen molar-refractivity contribution in [3.05, 3.63) is 94.9 Å². The second kappa shape index (κ2) is 9.57. The highest BCUT2D eigenvalue weighted by atomic mass is 16.4. The van der Waals surface area contributed by atoms with Gasteiger partial charge < -0.3 is 14.6 Å². The third-order valence-electron chi connectivity index (χ3n) is 5.43. The molecule has 1 aromatic heterocycles. The number of hydrogen-bond donors (Lipinski definition) is 2. The zero-order chi connectivity index (χ0) is 20.8. The van der Waals surface area contributed by atoms with Crippen LogP contribution in [0.3, 0.4) is 0 Å². The van der Waals surface area contributed by atoms with Crippen LogP contribution in [0.2, 0.25) is 0 Å². The maximum Gasteiger partial charge on any atom is 0.287 e. The number of hydrogen-bond acceptors (Lipinski definition) is 2. The minimum atomic E-state index is -0.183. The van der Waals surface area contributed by atoms with Gasteiger partial charge in [0.25, 0.3) is 5.91 Å². The van der Waals surface area contributed by atoms with Gasteiger partial charge in [-0.3, -0.25) is 4.79 Å². The van der Waals surface area contributed by atoms with Crippen LogP contribution >= 0.6 is 0 Å². The van der Waals surface area contributed by atoms with Crippen molar-refractivity contribution in [2.75, 3.05) is 0 Å². The molecule has 4 heteroatoms. The summed E-state index contributed by atoms with van der Waals surface area (Å²) in [5, 5.41) is 3.01. The van der Waals surface area contributed by atoms with Crippen LogP contribution in [-0.2, 0) is 13.1 Å². The molecule has 4 nitrogen and oxygen atoms in total. The lowest BCUT2D eigenvalue weighted by molar-refractivity contribution is -0.949. The van der Waals surface area contributed by atoms with Crippen LogP contribution in [0.15, 0.2) is 71.1 Å². The van der Waals surface area contributed by atoms with Crippen LogP contribution in [0.1, 0.15) is 59.8 Å². The number of amides is 1. The summed E-state index contributed by atoms with van der Waals surface area (Å²) < 4.78 is 5.90. The van der Waals surface area contributed by atoms with E-state index in [4.69, 9.17) is 4.42 Å². The summed E-state index contributed by atoms with van der Waals surface area (Å²) in [6, 6.07) is 22.5. The molecule has 0 aliphatic heterocycles. The lowest BCUT2D eigenvalue weighted by Gasteiger charge is -2.23. The maximum atomic E-state index is 12.6. The molecule has 3 rings (SSSR count). The van der Waals surface area contributed by atoms with E-state index in [-0.39, 0.29) is 11.9 Å². The molecule has 0 aliphatic carbocycles. The van der Waals surface area contributed by atoms with Crippen molar-refractivity contribution in [1.82, 2.24) is 5.32 Å². The Morgan fingerprint density at radius 1 is 0.931 bits per heavy atom. The van der Waals surface area contributed by atoms with Crippen LogP contribution in [0.5, 0.6) is 0 Å². The molecule has 1 unspecified atom stereocenters. The number of carbonyl (C=O) groups excluding carboxylic acids is 1. The fourth-order valence-corrected chi connectivity index (χ4v) is 3.44. The van der Waals surface area contributed by atoms with Gasteiger partial charge in [0.2, 0.25) is 0 Å². The highest BCUT2D eigenvalue weighted by molar-refractivity contribution is 5.91. The summed E-state index contributed by atoms with van der Waals surface area (Å²) >= 11 is 0. The number of carbonyl (C=O) groups is 1. The lowest BCUT2D eigenvalue weighted by atomic mass is 10.1. The molecule has 1 amide bonds. The largest absolute Gasteiger partial charge is 0.450 e. The quantitative estimate of drug-likeness (QED) is 0.608. The maximum absolute atomic E-state index is 12.6. The number of furan rings is 1. The first-order valence-corrected chi connectivity index (χ1v) is 10.3. The molecule has 29 heavy (non-hydrogen) atoms. The zero-order valence-corrected chi connectivity index (χ0v) is 17.7. The normalized spacial score (nSPS) is 13.3. The number of nitrogens with one attached hydrogen (secondary N) is 2. The third-order valence-corrected chi connectivity index (χ3v) is 5.43. The summed E-state index contributed by atoms with van der Waals surface area (Å²) in [6.07, 6.45) is 0. The highest BCUT2D eigenvalue weighted by Gasteiger charge is 2.20. The van der Waals surface area contributed by atoms with Crippen molar-refractivity contribution in [3.8, 4) is 0 Å². The van der Waals surface area contributed by atoms with Gasteiger partial charge in [-0.1, -0.05) is 54.6 Å². The summed E-state index contributed by atoms with van der Waals surface area (Å²) in [5.74, 6) is 1.01. The van der Waals surface area contributed by atoms with E-state index in [9.17, 15) is 4.79 Å². The molecule has 0 radical (unpaired) electrons. The summed E-state index contributed by atoms with van der Waals surface area (Å²) in [7, 11) is 0. The van der Waals surface area contributed by atoms with E-state index in [0.717, 1.165) is 24.4 Å². The first-order valence-electron chi connectivity index (χ1n) is 10.3. The fraction of sp³-hybridized carbons (Fsp3) is 0.320. The molecular formula is C25H31N2O2+. The van der Waals surface area contributed by atoms with E-state index in [2.05, 4.69) is 50.4 Å². The van der Waals surface area contributed by atoms with Crippen molar-refractivity contribution in [2.45, 2.75) is 52.9 Å². The number of rotatable bonds is 8. The Kier molecular flexibility index (Phi) is 6.89. The number of benzene rings is 2.